The molecule has 0 spiro atoms. The molecule has 35 heavy (non-hydrogen) atoms. The third-order valence-corrected chi connectivity index (χ3v) is 7.47. The maximum atomic E-state index is 13.6. The fourth-order valence-electron chi connectivity index (χ4n) is 4.49. The van der Waals surface area contributed by atoms with Crippen molar-refractivity contribution in [2.75, 3.05) is 7.11 Å². The summed E-state index contributed by atoms with van der Waals surface area (Å²) in [6.45, 7) is 3.84. The second kappa shape index (κ2) is 7.85. The highest BCUT2D eigenvalue weighted by Gasteiger charge is 2.19. The Labute approximate surface area is 203 Å². The molecule has 6 rings (SSSR count). The van der Waals surface area contributed by atoms with Crippen molar-refractivity contribution in [1.29, 1.82) is 0 Å². The molecule has 2 aromatic carbocycles. The number of ether oxygens (including phenoxy) is 1. The van der Waals surface area contributed by atoms with Gasteiger partial charge in [-0.05, 0) is 61.4 Å². The molecule has 4 aromatic heterocycles. The van der Waals surface area contributed by atoms with Gasteiger partial charge < -0.3 is 14.3 Å². The van der Waals surface area contributed by atoms with Gasteiger partial charge in [-0.1, -0.05) is 6.07 Å². The van der Waals surface area contributed by atoms with Gasteiger partial charge in [0, 0.05) is 28.2 Å². The maximum Gasteiger partial charge on any atom is 0.334 e. The first-order chi connectivity index (χ1) is 16.9. The molecule has 0 saturated heterocycles. The minimum absolute atomic E-state index is 0.337. The number of benzene rings is 2. The minimum Gasteiger partial charge on any atom is -0.495 e. The predicted octanol–water partition coefficient (Wildman–Crippen LogP) is 4.70. The number of nitrogens with zero attached hydrogens (tertiary/aromatic N) is 3. The number of nitrogens with one attached hydrogen (secondary N) is 2. The van der Waals surface area contributed by atoms with E-state index in [1.165, 1.54) is 15.9 Å². The Hall–Kier alpha value is -4.37. The van der Waals surface area contributed by atoms with E-state index in [-0.39, 0.29) is 5.56 Å². The van der Waals surface area contributed by atoms with Crippen LogP contribution in [0, 0.1) is 13.8 Å². The lowest BCUT2D eigenvalue weighted by Gasteiger charge is -2.11. The van der Waals surface area contributed by atoms with Crippen molar-refractivity contribution in [2.24, 2.45) is 0 Å². The normalized spacial score (nSPS) is 11.5. The topological polar surface area (TPSA) is 97.7 Å². The largest absolute Gasteiger partial charge is 0.495 e. The van der Waals surface area contributed by atoms with E-state index in [1.54, 1.807) is 19.5 Å². The molecule has 6 aromatic rings. The molecule has 0 unspecified atom stereocenters. The lowest BCUT2D eigenvalue weighted by molar-refractivity contribution is 0.413. The first kappa shape index (κ1) is 21.2. The summed E-state index contributed by atoms with van der Waals surface area (Å²) in [5.74, 6) is 0.683. The Balaban J connectivity index is 1.52. The summed E-state index contributed by atoms with van der Waals surface area (Å²) < 4.78 is 8.77. The predicted molar refractivity (Wildman–Crippen MR) is 138 cm³/mol. The Bertz CT molecular complexity index is 1870. The van der Waals surface area contributed by atoms with Crippen molar-refractivity contribution in [1.82, 2.24) is 24.1 Å². The Kier molecular flexibility index (Phi) is 4.75. The van der Waals surface area contributed by atoms with Crippen molar-refractivity contribution < 1.29 is 4.74 Å². The van der Waals surface area contributed by atoms with Crippen LogP contribution in [-0.4, -0.2) is 31.2 Å². The summed E-state index contributed by atoms with van der Waals surface area (Å²) in [6, 6.07) is 13.3. The lowest BCUT2D eigenvalue weighted by atomic mass is 10.1. The van der Waals surface area contributed by atoms with Crippen molar-refractivity contribution in [2.45, 2.75) is 13.8 Å². The summed E-state index contributed by atoms with van der Waals surface area (Å²) in [5, 5.41) is 1.43. The van der Waals surface area contributed by atoms with E-state index in [1.807, 2.05) is 67.2 Å². The van der Waals surface area contributed by atoms with Crippen LogP contribution in [0.25, 0.3) is 42.9 Å². The Morgan fingerprint density at radius 1 is 1.06 bits per heavy atom. The maximum absolute atomic E-state index is 13.6. The third-order valence-electron chi connectivity index (χ3n) is 6.21. The van der Waals surface area contributed by atoms with Crippen LogP contribution in [0.2, 0.25) is 0 Å². The van der Waals surface area contributed by atoms with E-state index in [2.05, 4.69) is 15.0 Å². The standard InChI is InChI=1S/C26H21N5O3S/c1-14-12-30(13-28-14)20-7-4-17(11-21(20)34-3)23-15(2)22-24(35-23)29-26(33)31(25(22)32)18-5-6-19-16(10-18)8-9-27-19/h4-13,27H,1-3H3,(H,29,33). The minimum atomic E-state index is -0.464. The van der Waals surface area contributed by atoms with Crippen LogP contribution in [-0.2, 0) is 0 Å². The SMILES string of the molecule is COc1cc(-c2sc3[nH]c(=O)n(-c4ccc5[nH]ccc5c4)c(=O)c3c2C)ccc1-n1cnc(C)c1. The molecular weight excluding hydrogens is 462 g/mol. The van der Waals surface area contributed by atoms with Crippen LogP contribution in [0.3, 0.4) is 0 Å². The summed E-state index contributed by atoms with van der Waals surface area (Å²) in [4.78, 5) is 38.3. The highest BCUT2D eigenvalue weighted by Crippen LogP contribution is 2.38. The van der Waals surface area contributed by atoms with E-state index in [0.717, 1.165) is 38.3 Å². The molecule has 0 fully saturated rings. The van der Waals surface area contributed by atoms with Gasteiger partial charge >= 0.3 is 5.69 Å². The van der Waals surface area contributed by atoms with Gasteiger partial charge in [0.1, 0.15) is 10.6 Å². The lowest BCUT2D eigenvalue weighted by Crippen LogP contribution is -2.33. The molecule has 0 bridgehead atoms. The van der Waals surface area contributed by atoms with Gasteiger partial charge in [0.05, 0.1) is 35.9 Å². The molecule has 4 heterocycles. The van der Waals surface area contributed by atoms with E-state index < -0.39 is 5.69 Å². The van der Waals surface area contributed by atoms with E-state index in [9.17, 15) is 9.59 Å². The molecule has 0 aliphatic heterocycles. The number of fused-ring (bicyclic) bond motifs is 2. The molecule has 0 saturated carbocycles. The van der Waals surface area contributed by atoms with Gasteiger partial charge in [-0.2, -0.15) is 0 Å². The van der Waals surface area contributed by atoms with Gasteiger partial charge in [-0.3, -0.25) is 9.78 Å². The molecule has 0 atom stereocenters. The summed E-state index contributed by atoms with van der Waals surface area (Å²) in [7, 11) is 1.63. The second-order valence-corrected chi connectivity index (χ2v) is 9.41. The number of methoxy groups -OCH3 is 1. The summed E-state index contributed by atoms with van der Waals surface area (Å²) in [6.07, 6.45) is 5.50. The second-order valence-electron chi connectivity index (χ2n) is 8.39. The van der Waals surface area contributed by atoms with E-state index in [0.29, 0.717) is 21.7 Å². The van der Waals surface area contributed by atoms with Crippen LogP contribution in [0.5, 0.6) is 5.75 Å². The van der Waals surface area contributed by atoms with Crippen molar-refractivity contribution in [3.63, 3.8) is 0 Å². The highest BCUT2D eigenvalue weighted by molar-refractivity contribution is 7.22. The fraction of sp³-hybridized carbons (Fsp3) is 0.115. The first-order valence-corrected chi connectivity index (χ1v) is 11.8. The van der Waals surface area contributed by atoms with Crippen molar-refractivity contribution in [3.05, 3.63) is 93.3 Å². The van der Waals surface area contributed by atoms with Gasteiger partial charge in [-0.15, -0.1) is 11.3 Å². The van der Waals surface area contributed by atoms with Gasteiger partial charge in [-0.25, -0.2) is 14.3 Å². The zero-order chi connectivity index (χ0) is 24.3. The number of aryl methyl sites for hydroxylation is 2. The average molecular weight is 484 g/mol. The Morgan fingerprint density at radius 3 is 2.69 bits per heavy atom. The zero-order valence-corrected chi connectivity index (χ0v) is 20.1. The molecular formula is C26H21N5O3S. The van der Waals surface area contributed by atoms with Crippen LogP contribution in [0.4, 0.5) is 0 Å². The molecule has 0 aliphatic rings. The molecule has 0 aliphatic carbocycles. The zero-order valence-electron chi connectivity index (χ0n) is 19.2. The number of imidazole rings is 1. The number of thiophene rings is 1. The smallest absolute Gasteiger partial charge is 0.334 e. The summed E-state index contributed by atoms with van der Waals surface area (Å²) >= 11 is 1.39. The summed E-state index contributed by atoms with van der Waals surface area (Å²) in [5.41, 5.74) is 4.16. The number of rotatable bonds is 4. The van der Waals surface area contributed by atoms with Crippen molar-refractivity contribution in [3.8, 4) is 27.6 Å². The highest BCUT2D eigenvalue weighted by atomic mass is 32.1. The molecule has 2 N–H and O–H groups in total. The van der Waals surface area contributed by atoms with Crippen molar-refractivity contribution >= 4 is 32.5 Å². The molecule has 0 radical (unpaired) electrons. The monoisotopic (exact) mass is 483 g/mol. The number of H-pyrrole nitrogens is 2. The number of hydrogen-bond donors (Lipinski definition) is 2. The van der Waals surface area contributed by atoms with E-state index >= 15 is 0 Å². The number of aromatic nitrogens is 5. The third kappa shape index (κ3) is 3.31. The van der Waals surface area contributed by atoms with Gasteiger partial charge in [0.25, 0.3) is 5.56 Å². The molecule has 8 nitrogen and oxygen atoms in total. The van der Waals surface area contributed by atoms with Crippen LogP contribution in [0.15, 0.2) is 70.8 Å². The van der Waals surface area contributed by atoms with Gasteiger partial charge in [0.15, 0.2) is 0 Å². The molecule has 0 amide bonds. The van der Waals surface area contributed by atoms with Crippen LogP contribution < -0.4 is 16.0 Å². The van der Waals surface area contributed by atoms with E-state index in [4.69, 9.17) is 4.74 Å². The van der Waals surface area contributed by atoms with Gasteiger partial charge in [0.2, 0.25) is 0 Å². The van der Waals surface area contributed by atoms with Crippen LogP contribution >= 0.6 is 11.3 Å². The fourth-order valence-corrected chi connectivity index (χ4v) is 5.68. The average Bonchev–Trinajstić information content (AvgIpc) is 3.57. The molecule has 9 heteroatoms. The first-order valence-electron chi connectivity index (χ1n) is 11.0. The Morgan fingerprint density at radius 2 is 1.91 bits per heavy atom. The number of hydrogen-bond acceptors (Lipinski definition) is 5. The molecule has 174 valence electrons. The quantitative estimate of drug-likeness (QED) is 0.380. The van der Waals surface area contributed by atoms with Crippen LogP contribution in [0.1, 0.15) is 11.3 Å². The number of aromatic amines is 2.